The summed E-state index contributed by atoms with van der Waals surface area (Å²) in [5.74, 6) is -0.120. The van der Waals surface area contributed by atoms with Crippen LogP contribution in [-0.2, 0) is 15.7 Å². The fourth-order valence-corrected chi connectivity index (χ4v) is 1.66. The number of carbonyl (C=O) groups excluding carboxylic acids is 1. The number of benzene rings is 1. The maximum absolute atomic E-state index is 12.5. The first-order valence-electron chi connectivity index (χ1n) is 5.78. The van der Waals surface area contributed by atoms with Gasteiger partial charge >= 0.3 is 6.18 Å². The van der Waals surface area contributed by atoms with Gasteiger partial charge in [0.15, 0.2) is 5.78 Å². The third kappa shape index (κ3) is 5.00. The molecule has 106 valence electrons. The highest BCUT2D eigenvalue weighted by Gasteiger charge is 2.30. The lowest BCUT2D eigenvalue weighted by Gasteiger charge is -2.14. The summed E-state index contributed by atoms with van der Waals surface area (Å²) in [4.78, 5) is 11.2. The predicted octanol–water partition coefficient (Wildman–Crippen LogP) is 2.70. The van der Waals surface area contributed by atoms with Crippen LogP contribution < -0.4 is 5.73 Å². The van der Waals surface area contributed by atoms with Gasteiger partial charge in [0.2, 0.25) is 0 Å². The van der Waals surface area contributed by atoms with E-state index in [1.54, 1.807) is 0 Å². The fourth-order valence-electron chi connectivity index (χ4n) is 1.66. The van der Waals surface area contributed by atoms with Gasteiger partial charge in [-0.25, -0.2) is 0 Å². The van der Waals surface area contributed by atoms with Crippen LogP contribution in [0.25, 0.3) is 0 Å². The Morgan fingerprint density at radius 3 is 2.68 bits per heavy atom. The van der Waals surface area contributed by atoms with E-state index in [0.717, 1.165) is 12.1 Å². The van der Waals surface area contributed by atoms with Crippen molar-refractivity contribution in [2.75, 3.05) is 13.7 Å². The highest BCUT2D eigenvalue weighted by Crippen LogP contribution is 2.31. The number of carbonyl (C=O) groups is 1. The number of halogens is 3. The molecule has 0 heterocycles. The Balaban J connectivity index is 2.67. The minimum absolute atomic E-state index is 0.00465. The Hall–Kier alpha value is -1.40. The highest BCUT2D eigenvalue weighted by molar-refractivity contribution is 5.79. The van der Waals surface area contributed by atoms with Crippen LogP contribution in [0.1, 0.15) is 30.0 Å². The molecule has 0 aromatic heterocycles. The molecule has 0 aliphatic carbocycles. The van der Waals surface area contributed by atoms with Crippen LogP contribution in [0.2, 0.25) is 0 Å². The van der Waals surface area contributed by atoms with Crippen LogP contribution in [0.15, 0.2) is 24.3 Å². The number of alkyl halides is 3. The zero-order valence-electron chi connectivity index (χ0n) is 10.5. The van der Waals surface area contributed by atoms with Crippen molar-refractivity contribution < 1.29 is 22.7 Å². The number of nitrogens with two attached hydrogens (primary N) is 1. The van der Waals surface area contributed by atoms with Crippen LogP contribution in [0, 0.1) is 0 Å². The summed E-state index contributed by atoms with van der Waals surface area (Å²) in [5.41, 5.74) is 5.43. The molecule has 2 N–H and O–H groups in total. The number of methoxy groups -OCH3 is 1. The van der Waals surface area contributed by atoms with Crippen molar-refractivity contribution in [1.82, 2.24) is 0 Å². The molecular weight excluding hydrogens is 259 g/mol. The molecule has 6 heteroatoms. The van der Waals surface area contributed by atoms with Gasteiger partial charge in [-0.3, -0.25) is 4.79 Å². The van der Waals surface area contributed by atoms with E-state index in [9.17, 15) is 18.0 Å². The second kappa shape index (κ2) is 6.68. The molecule has 0 aliphatic heterocycles. The molecule has 0 amide bonds. The SMILES string of the molecule is COCC(=O)CC[C@H](N)c1cccc(C(F)(F)F)c1. The molecule has 0 saturated carbocycles. The summed E-state index contributed by atoms with van der Waals surface area (Å²) < 4.78 is 42.3. The lowest BCUT2D eigenvalue weighted by molar-refractivity contribution is -0.137. The Morgan fingerprint density at radius 1 is 1.42 bits per heavy atom. The van der Waals surface area contributed by atoms with Crippen molar-refractivity contribution in [3.8, 4) is 0 Å². The summed E-state index contributed by atoms with van der Waals surface area (Å²) in [6.45, 7) is -0.00465. The van der Waals surface area contributed by atoms with Crippen molar-refractivity contribution in [3.05, 3.63) is 35.4 Å². The standard InChI is InChI=1S/C13H16F3NO2/c1-19-8-11(18)5-6-12(17)9-3-2-4-10(7-9)13(14,15)16/h2-4,7,12H,5-6,8,17H2,1H3/t12-/m0/s1. The zero-order chi connectivity index (χ0) is 14.5. The molecule has 1 rings (SSSR count). The molecule has 0 unspecified atom stereocenters. The Labute approximate surface area is 109 Å². The van der Waals surface area contributed by atoms with Gasteiger partial charge in [0.1, 0.15) is 6.61 Å². The van der Waals surface area contributed by atoms with Gasteiger partial charge in [-0.15, -0.1) is 0 Å². The minimum Gasteiger partial charge on any atom is -0.377 e. The average Bonchev–Trinajstić information content (AvgIpc) is 2.35. The van der Waals surface area contributed by atoms with E-state index in [2.05, 4.69) is 4.74 Å². The second-order valence-corrected chi connectivity index (χ2v) is 4.24. The molecule has 3 nitrogen and oxygen atoms in total. The first-order chi connectivity index (χ1) is 8.84. The molecule has 0 radical (unpaired) electrons. The molecule has 1 atom stereocenters. The molecule has 0 saturated heterocycles. The van der Waals surface area contributed by atoms with Gasteiger partial charge in [0.05, 0.1) is 5.56 Å². The molecule has 0 aliphatic rings. The van der Waals surface area contributed by atoms with Crippen molar-refractivity contribution in [2.45, 2.75) is 25.1 Å². The Bertz CT molecular complexity index is 432. The molecule has 0 fully saturated rings. The lowest BCUT2D eigenvalue weighted by Crippen LogP contribution is -2.15. The van der Waals surface area contributed by atoms with E-state index < -0.39 is 17.8 Å². The molecule has 1 aromatic carbocycles. The second-order valence-electron chi connectivity index (χ2n) is 4.24. The normalized spacial score (nSPS) is 13.3. The lowest BCUT2D eigenvalue weighted by atomic mass is 9.99. The largest absolute Gasteiger partial charge is 0.416 e. The van der Waals surface area contributed by atoms with Gasteiger partial charge in [-0.2, -0.15) is 13.2 Å². The first kappa shape index (κ1) is 15.7. The molecule has 19 heavy (non-hydrogen) atoms. The molecular formula is C13H16F3NO2. The molecule has 0 bridgehead atoms. The smallest absolute Gasteiger partial charge is 0.377 e. The maximum atomic E-state index is 12.5. The van der Waals surface area contributed by atoms with Gasteiger partial charge in [-0.1, -0.05) is 12.1 Å². The zero-order valence-corrected chi connectivity index (χ0v) is 10.5. The molecule has 1 aromatic rings. The van der Waals surface area contributed by atoms with Crippen LogP contribution in [-0.4, -0.2) is 19.5 Å². The van der Waals surface area contributed by atoms with E-state index in [1.165, 1.54) is 19.2 Å². The van der Waals surface area contributed by atoms with E-state index in [4.69, 9.17) is 5.73 Å². The summed E-state index contributed by atoms with van der Waals surface area (Å²) in [6, 6.07) is 4.26. The van der Waals surface area contributed by atoms with Gasteiger partial charge in [0.25, 0.3) is 0 Å². The third-order valence-corrected chi connectivity index (χ3v) is 2.68. The number of rotatable bonds is 6. The van der Waals surface area contributed by atoms with Crippen molar-refractivity contribution >= 4 is 5.78 Å². The number of hydrogen-bond acceptors (Lipinski definition) is 3. The van der Waals surface area contributed by atoms with Crippen LogP contribution in [0.5, 0.6) is 0 Å². The quantitative estimate of drug-likeness (QED) is 0.868. The van der Waals surface area contributed by atoms with Crippen LogP contribution in [0.4, 0.5) is 13.2 Å². The number of hydrogen-bond donors (Lipinski definition) is 1. The predicted molar refractivity (Wildman–Crippen MR) is 64.5 cm³/mol. The van der Waals surface area contributed by atoms with E-state index in [0.29, 0.717) is 12.0 Å². The fraction of sp³-hybridized carbons (Fsp3) is 0.462. The maximum Gasteiger partial charge on any atom is 0.416 e. The van der Waals surface area contributed by atoms with Crippen molar-refractivity contribution in [3.63, 3.8) is 0 Å². The van der Waals surface area contributed by atoms with Crippen molar-refractivity contribution in [2.24, 2.45) is 5.73 Å². The summed E-state index contributed by atoms with van der Waals surface area (Å²) >= 11 is 0. The Morgan fingerprint density at radius 2 is 2.11 bits per heavy atom. The average molecular weight is 275 g/mol. The number of Topliss-reactive ketones (excluding diaryl/α,β-unsaturated/α-hetero) is 1. The van der Waals surface area contributed by atoms with E-state index in [-0.39, 0.29) is 18.8 Å². The monoisotopic (exact) mass is 275 g/mol. The summed E-state index contributed by atoms with van der Waals surface area (Å²) in [7, 11) is 1.41. The highest BCUT2D eigenvalue weighted by atomic mass is 19.4. The number of ether oxygens (including phenoxy) is 1. The van der Waals surface area contributed by atoms with Gasteiger partial charge in [0, 0.05) is 19.6 Å². The van der Waals surface area contributed by atoms with Gasteiger partial charge < -0.3 is 10.5 Å². The van der Waals surface area contributed by atoms with Crippen molar-refractivity contribution in [1.29, 1.82) is 0 Å². The van der Waals surface area contributed by atoms with Crippen LogP contribution in [0.3, 0.4) is 0 Å². The van der Waals surface area contributed by atoms with E-state index in [1.807, 2.05) is 0 Å². The summed E-state index contributed by atoms with van der Waals surface area (Å²) in [5, 5.41) is 0. The van der Waals surface area contributed by atoms with Gasteiger partial charge in [-0.05, 0) is 24.1 Å². The third-order valence-electron chi connectivity index (χ3n) is 2.68. The molecule has 0 spiro atoms. The summed E-state index contributed by atoms with van der Waals surface area (Å²) in [6.07, 6.45) is -3.91. The Kier molecular flexibility index (Phi) is 5.50. The van der Waals surface area contributed by atoms with E-state index >= 15 is 0 Å². The topological polar surface area (TPSA) is 52.3 Å². The first-order valence-corrected chi connectivity index (χ1v) is 5.78. The van der Waals surface area contributed by atoms with Crippen LogP contribution >= 0.6 is 0 Å². The number of ketones is 1. The minimum atomic E-state index is -4.39.